The van der Waals surface area contributed by atoms with Crippen LogP contribution in [-0.4, -0.2) is 30.9 Å². The highest BCUT2D eigenvalue weighted by molar-refractivity contribution is 6.35. The molecule has 2 aromatic rings. The molecule has 1 aliphatic rings. The Hall–Kier alpha value is -2.24. The van der Waals surface area contributed by atoms with E-state index in [4.69, 9.17) is 32.8 Å². The summed E-state index contributed by atoms with van der Waals surface area (Å²) in [5.74, 6) is -0.00153. The summed E-state index contributed by atoms with van der Waals surface area (Å²) in [7, 11) is 0. The van der Waals surface area contributed by atoms with Crippen LogP contribution in [0, 0.1) is 5.92 Å². The van der Waals surface area contributed by atoms with Crippen molar-refractivity contribution in [3.8, 4) is 5.75 Å². The zero-order chi connectivity index (χ0) is 18.5. The van der Waals surface area contributed by atoms with Gasteiger partial charge in [0.25, 0.3) is 0 Å². The number of rotatable bonds is 6. The topological polar surface area (TPSA) is 59.9 Å². The fourth-order valence-corrected chi connectivity index (χ4v) is 3.05. The fourth-order valence-electron chi connectivity index (χ4n) is 2.69. The minimum absolute atomic E-state index is 0.173. The molecule has 0 radical (unpaired) electrons. The van der Waals surface area contributed by atoms with Gasteiger partial charge in [0.05, 0.1) is 6.54 Å². The zero-order valence-corrected chi connectivity index (χ0v) is 15.6. The third-order valence-corrected chi connectivity index (χ3v) is 4.58. The molecule has 1 aliphatic heterocycles. The number of amides is 1. The molecule has 1 N–H and O–H groups in total. The van der Waals surface area contributed by atoms with E-state index in [1.165, 1.54) is 0 Å². The van der Waals surface area contributed by atoms with Crippen LogP contribution in [0.15, 0.2) is 53.7 Å². The molecule has 3 rings (SSSR count). The van der Waals surface area contributed by atoms with E-state index in [0.29, 0.717) is 40.2 Å². The fraction of sp³-hybridized carbons (Fsp3) is 0.263. The van der Waals surface area contributed by atoms with Crippen molar-refractivity contribution in [2.45, 2.75) is 13.0 Å². The molecular formula is C19H18Cl2N2O3. The Bertz CT molecular complexity index is 809. The van der Waals surface area contributed by atoms with E-state index in [0.717, 1.165) is 0 Å². The van der Waals surface area contributed by atoms with Gasteiger partial charge in [-0.2, -0.15) is 0 Å². The van der Waals surface area contributed by atoms with Gasteiger partial charge in [-0.25, -0.2) is 0 Å². The number of nitrogens with zero attached hydrogens (tertiary/aromatic N) is 1. The van der Waals surface area contributed by atoms with E-state index in [9.17, 15) is 4.79 Å². The van der Waals surface area contributed by atoms with Crippen LogP contribution < -0.4 is 10.1 Å². The van der Waals surface area contributed by atoms with E-state index in [-0.39, 0.29) is 12.0 Å². The molecule has 7 heteroatoms. The molecule has 2 atom stereocenters. The van der Waals surface area contributed by atoms with Crippen molar-refractivity contribution in [2.24, 2.45) is 11.1 Å². The number of halogens is 2. The van der Waals surface area contributed by atoms with Crippen molar-refractivity contribution in [3.05, 3.63) is 64.1 Å². The highest BCUT2D eigenvalue weighted by Crippen LogP contribution is 2.27. The van der Waals surface area contributed by atoms with Crippen molar-refractivity contribution in [1.29, 1.82) is 0 Å². The zero-order valence-electron chi connectivity index (χ0n) is 14.1. The number of carbonyl (C=O) groups excluding carboxylic acids is 1. The normalized spacial score (nSPS) is 18.8. The second-order valence-corrected chi connectivity index (χ2v) is 6.68. The van der Waals surface area contributed by atoms with Gasteiger partial charge in [0.2, 0.25) is 5.91 Å². The molecule has 136 valence electrons. The lowest BCUT2D eigenvalue weighted by atomic mass is 9.92. The number of carbonyl (C=O) groups is 1. The van der Waals surface area contributed by atoms with Gasteiger partial charge < -0.3 is 14.9 Å². The van der Waals surface area contributed by atoms with Crippen LogP contribution in [0.25, 0.3) is 0 Å². The number of hydrogen-bond donors (Lipinski definition) is 1. The van der Waals surface area contributed by atoms with Gasteiger partial charge in [0.15, 0.2) is 0 Å². The molecular weight excluding hydrogens is 375 g/mol. The molecule has 0 aromatic heterocycles. The van der Waals surface area contributed by atoms with Crippen LogP contribution >= 0.6 is 23.2 Å². The Labute approximate surface area is 161 Å². The molecule has 2 aromatic carbocycles. The minimum Gasteiger partial charge on any atom is -0.492 e. The van der Waals surface area contributed by atoms with Crippen LogP contribution in [0.2, 0.25) is 10.0 Å². The second kappa shape index (κ2) is 8.43. The van der Waals surface area contributed by atoms with Crippen LogP contribution in [0.1, 0.15) is 12.5 Å². The highest BCUT2D eigenvalue weighted by Gasteiger charge is 2.38. The summed E-state index contributed by atoms with van der Waals surface area (Å²) in [5, 5.41) is 8.10. The van der Waals surface area contributed by atoms with Crippen LogP contribution in [0.3, 0.4) is 0 Å². The molecule has 0 bridgehead atoms. The minimum atomic E-state index is -0.523. The van der Waals surface area contributed by atoms with Gasteiger partial charge in [-0.1, -0.05) is 46.6 Å². The molecule has 1 heterocycles. The first-order valence-electron chi connectivity index (χ1n) is 8.21. The predicted molar refractivity (Wildman–Crippen MR) is 102 cm³/mol. The Morgan fingerprint density at radius 1 is 1.19 bits per heavy atom. The number of oxime groups is 1. The summed E-state index contributed by atoms with van der Waals surface area (Å²) in [6, 6.07) is 14.3. The lowest BCUT2D eigenvalue weighted by molar-refractivity contribution is -0.125. The molecule has 1 amide bonds. The van der Waals surface area contributed by atoms with Gasteiger partial charge in [-0.15, -0.1) is 0 Å². The highest BCUT2D eigenvalue weighted by atomic mass is 35.5. The lowest BCUT2D eigenvalue weighted by Crippen LogP contribution is -2.40. The molecule has 0 saturated heterocycles. The van der Waals surface area contributed by atoms with E-state index in [1.54, 1.807) is 30.3 Å². The summed E-state index contributed by atoms with van der Waals surface area (Å²) < 4.78 is 5.58. The Balaban J connectivity index is 1.57. The summed E-state index contributed by atoms with van der Waals surface area (Å²) >= 11 is 12.1. The molecule has 0 unspecified atom stereocenters. The van der Waals surface area contributed by atoms with Gasteiger partial charge in [0.1, 0.15) is 30.1 Å². The number of nitrogens with one attached hydrogen (secondary N) is 1. The molecule has 0 aliphatic carbocycles. The molecule has 5 nitrogen and oxygen atoms in total. The van der Waals surface area contributed by atoms with Crippen molar-refractivity contribution in [1.82, 2.24) is 5.32 Å². The number of hydrogen-bond acceptors (Lipinski definition) is 4. The summed E-state index contributed by atoms with van der Waals surface area (Å²) in [4.78, 5) is 17.9. The van der Waals surface area contributed by atoms with Gasteiger partial charge in [-0.3, -0.25) is 4.79 Å². The van der Waals surface area contributed by atoms with E-state index < -0.39 is 5.92 Å². The molecule has 0 fully saturated rings. The predicted octanol–water partition coefficient (Wildman–Crippen LogP) is 3.93. The summed E-state index contributed by atoms with van der Waals surface area (Å²) in [5.41, 5.74) is 1.25. The molecule has 0 spiro atoms. The largest absolute Gasteiger partial charge is 0.492 e. The lowest BCUT2D eigenvalue weighted by Gasteiger charge is -2.16. The average molecular weight is 393 g/mol. The maximum atomic E-state index is 12.6. The Morgan fingerprint density at radius 2 is 1.92 bits per heavy atom. The maximum absolute atomic E-state index is 12.6. The quantitative estimate of drug-likeness (QED) is 0.757. The van der Waals surface area contributed by atoms with Crippen molar-refractivity contribution in [3.63, 3.8) is 0 Å². The third-order valence-electron chi connectivity index (χ3n) is 4.00. The first-order chi connectivity index (χ1) is 12.6. The second-order valence-electron chi connectivity index (χ2n) is 5.84. The molecule has 0 saturated carbocycles. The van der Waals surface area contributed by atoms with E-state index >= 15 is 0 Å². The van der Waals surface area contributed by atoms with Crippen LogP contribution in [0.5, 0.6) is 5.75 Å². The number of benzene rings is 2. The summed E-state index contributed by atoms with van der Waals surface area (Å²) in [6.45, 7) is 2.51. The Kier molecular flexibility index (Phi) is 6.01. The Morgan fingerprint density at radius 3 is 2.65 bits per heavy atom. The first-order valence-corrected chi connectivity index (χ1v) is 8.96. The maximum Gasteiger partial charge on any atom is 0.233 e. The first kappa shape index (κ1) is 18.5. The van der Waals surface area contributed by atoms with Crippen LogP contribution in [-0.2, 0) is 9.63 Å². The monoisotopic (exact) mass is 392 g/mol. The third kappa shape index (κ3) is 4.29. The van der Waals surface area contributed by atoms with Gasteiger partial charge in [-0.05, 0) is 37.3 Å². The van der Waals surface area contributed by atoms with Gasteiger partial charge >= 0.3 is 0 Å². The van der Waals surface area contributed by atoms with E-state index in [2.05, 4.69) is 10.5 Å². The van der Waals surface area contributed by atoms with Gasteiger partial charge in [0, 0.05) is 15.6 Å². The van der Waals surface area contributed by atoms with E-state index in [1.807, 2.05) is 25.1 Å². The molecule has 26 heavy (non-hydrogen) atoms. The van der Waals surface area contributed by atoms with Crippen molar-refractivity contribution >= 4 is 34.8 Å². The van der Waals surface area contributed by atoms with Crippen molar-refractivity contribution in [2.75, 3.05) is 13.2 Å². The SMILES string of the molecule is C[C@H]1ON=C(c2ccccc2Cl)[C@H]1C(=O)NCCOc1ccc(Cl)cc1. The number of ether oxygens (including phenoxy) is 1. The smallest absolute Gasteiger partial charge is 0.233 e. The van der Waals surface area contributed by atoms with Crippen LogP contribution in [0.4, 0.5) is 0 Å². The summed E-state index contributed by atoms with van der Waals surface area (Å²) in [6.07, 6.45) is -0.363. The average Bonchev–Trinajstić information content (AvgIpc) is 3.02. The standard InChI is InChI=1S/C19H18Cl2N2O3/c1-12-17(18(23-26-12)15-4-2-3-5-16(15)21)19(24)22-10-11-25-14-8-6-13(20)7-9-14/h2-9,12,17H,10-11H2,1H3,(H,22,24)/t12-,17+/m1/s1. The van der Waals surface area contributed by atoms with Crippen molar-refractivity contribution < 1.29 is 14.4 Å².